The minimum Gasteiger partial charge on any atom is -0.263 e. The summed E-state index contributed by atoms with van der Waals surface area (Å²) in [6, 6.07) is 5.12. The van der Waals surface area contributed by atoms with Gasteiger partial charge in [-0.2, -0.15) is 9.65 Å². The van der Waals surface area contributed by atoms with E-state index in [1.165, 1.54) is 12.1 Å². The van der Waals surface area contributed by atoms with Gasteiger partial charge >= 0.3 is 5.91 Å². The Kier molecular flexibility index (Phi) is 3.82. The largest absolute Gasteiger partial charge is 0.318 e. The van der Waals surface area contributed by atoms with Crippen LogP contribution in [0.15, 0.2) is 30.1 Å². The highest BCUT2D eigenvalue weighted by Gasteiger charge is 2.26. The molecule has 0 fully saturated rings. The van der Waals surface area contributed by atoms with E-state index in [1.807, 2.05) is 0 Å². The lowest BCUT2D eigenvalue weighted by atomic mass is 10.0. The Morgan fingerprint density at radius 2 is 1.88 bits per heavy atom. The molecule has 0 saturated heterocycles. The van der Waals surface area contributed by atoms with E-state index < -0.39 is 34.0 Å². The van der Waals surface area contributed by atoms with Gasteiger partial charge in [-0.3, -0.25) is 4.79 Å². The normalized spacial score (nSPS) is 11.5. The summed E-state index contributed by atoms with van der Waals surface area (Å²) < 4.78 is 50.4. The van der Waals surface area contributed by atoms with Crippen LogP contribution in [0.4, 0.5) is 17.7 Å². The molecule has 0 N–H and O–H groups in total. The van der Waals surface area contributed by atoms with Crippen LogP contribution >= 0.6 is 0 Å². The second-order valence-corrected chi connectivity index (χ2v) is 2.82. The van der Waals surface area contributed by atoms with Crippen molar-refractivity contribution in [2.45, 2.75) is 0 Å². The Bertz CT molecular complexity index is 519. The molecule has 7 heteroatoms. The number of amides is 1. The Hall–Kier alpha value is -2.36. The second kappa shape index (κ2) is 5.12. The molecule has 0 spiro atoms. The van der Waals surface area contributed by atoms with Gasteiger partial charge in [0.1, 0.15) is 17.5 Å². The molecule has 0 bridgehead atoms. The molecule has 0 aliphatic carbocycles. The summed E-state index contributed by atoms with van der Waals surface area (Å²) >= 11 is 0. The van der Waals surface area contributed by atoms with Crippen molar-refractivity contribution in [3.8, 4) is 6.07 Å². The lowest BCUT2D eigenvalue weighted by molar-refractivity contribution is -0.179. The third kappa shape index (κ3) is 2.60. The molecule has 0 aromatic heterocycles. The number of carbonyl (C=O) groups excluding carboxylic acids is 1. The van der Waals surface area contributed by atoms with E-state index in [0.29, 0.717) is 0 Å². The van der Waals surface area contributed by atoms with Gasteiger partial charge in [0.2, 0.25) is 5.83 Å². The minimum absolute atomic E-state index is 0.697. The zero-order valence-corrected chi connectivity index (χ0v) is 8.12. The standard InChI is InChI=1S/C10H4F4N2O/c11-7-4-2-1-3-6(7)9(8(12)5-15)10(17)16(13)14/h1-4H. The lowest BCUT2D eigenvalue weighted by Gasteiger charge is -2.07. The van der Waals surface area contributed by atoms with Crippen molar-refractivity contribution in [2.24, 2.45) is 0 Å². The number of carbonyl (C=O) groups is 1. The van der Waals surface area contributed by atoms with Gasteiger partial charge in [0.05, 0.1) is 0 Å². The topological polar surface area (TPSA) is 44.1 Å². The zero-order chi connectivity index (χ0) is 13.0. The molecule has 0 saturated carbocycles. The van der Waals surface area contributed by atoms with Crippen molar-refractivity contribution in [1.29, 1.82) is 5.26 Å². The predicted molar refractivity (Wildman–Crippen MR) is 49.1 cm³/mol. The maximum atomic E-state index is 13.2. The number of nitriles is 1. The maximum Gasteiger partial charge on any atom is 0.318 e. The Labute approximate surface area is 93.0 Å². The fourth-order valence-corrected chi connectivity index (χ4v) is 1.13. The van der Waals surface area contributed by atoms with E-state index in [-0.39, 0.29) is 0 Å². The minimum atomic E-state index is -2.09. The van der Waals surface area contributed by atoms with Crippen LogP contribution in [0.1, 0.15) is 5.56 Å². The molecule has 0 atom stereocenters. The van der Waals surface area contributed by atoms with Gasteiger partial charge in [0.15, 0.2) is 0 Å². The van der Waals surface area contributed by atoms with E-state index in [1.54, 1.807) is 0 Å². The van der Waals surface area contributed by atoms with Crippen LogP contribution in [-0.2, 0) is 4.79 Å². The highest BCUT2D eigenvalue weighted by molar-refractivity contribution is 6.19. The van der Waals surface area contributed by atoms with Gasteiger partial charge in [0, 0.05) is 10.9 Å². The molecule has 1 aromatic rings. The van der Waals surface area contributed by atoms with E-state index in [9.17, 15) is 22.5 Å². The summed E-state index contributed by atoms with van der Waals surface area (Å²) in [5, 5.41) is 6.35. The third-order valence-electron chi connectivity index (χ3n) is 1.83. The molecule has 0 radical (unpaired) electrons. The van der Waals surface area contributed by atoms with E-state index in [0.717, 1.165) is 18.2 Å². The van der Waals surface area contributed by atoms with Crippen molar-refractivity contribution in [3.05, 3.63) is 41.5 Å². The number of nitrogens with zero attached hydrogens (tertiary/aromatic N) is 2. The summed E-state index contributed by atoms with van der Waals surface area (Å²) in [6.07, 6.45) is 0. The van der Waals surface area contributed by atoms with Crippen LogP contribution in [0.2, 0.25) is 0 Å². The summed E-state index contributed by atoms with van der Waals surface area (Å²) in [5.41, 5.74) is -2.01. The Morgan fingerprint density at radius 3 is 2.35 bits per heavy atom. The Morgan fingerprint density at radius 1 is 1.29 bits per heavy atom. The van der Waals surface area contributed by atoms with Crippen LogP contribution < -0.4 is 0 Å². The maximum absolute atomic E-state index is 13.2. The predicted octanol–water partition coefficient (Wildman–Crippen LogP) is 2.63. The van der Waals surface area contributed by atoms with Crippen molar-refractivity contribution < 1.29 is 22.5 Å². The fraction of sp³-hybridized carbons (Fsp3) is 0. The van der Waals surface area contributed by atoms with Gasteiger partial charge in [0.25, 0.3) is 0 Å². The summed E-state index contributed by atoms with van der Waals surface area (Å²) in [7, 11) is 0. The Balaban J connectivity index is 3.44. The molecule has 0 aliphatic rings. The first-order valence-corrected chi connectivity index (χ1v) is 4.19. The molecular formula is C10H4F4N2O. The number of allylic oxidation sites excluding steroid dienone is 1. The highest BCUT2D eigenvalue weighted by atomic mass is 19.4. The molecule has 17 heavy (non-hydrogen) atoms. The summed E-state index contributed by atoms with van der Waals surface area (Å²) in [6.45, 7) is 0. The number of hydrogen-bond donors (Lipinski definition) is 0. The van der Waals surface area contributed by atoms with Crippen molar-refractivity contribution in [2.75, 3.05) is 0 Å². The molecule has 88 valence electrons. The van der Waals surface area contributed by atoms with Crippen LogP contribution in [0.3, 0.4) is 0 Å². The van der Waals surface area contributed by atoms with Gasteiger partial charge in [-0.25, -0.2) is 4.39 Å². The number of benzene rings is 1. The molecule has 3 nitrogen and oxygen atoms in total. The molecule has 1 rings (SSSR count). The van der Waals surface area contributed by atoms with Gasteiger partial charge in [-0.15, -0.1) is 0 Å². The van der Waals surface area contributed by atoms with Crippen molar-refractivity contribution >= 4 is 11.5 Å². The van der Waals surface area contributed by atoms with Crippen molar-refractivity contribution in [1.82, 2.24) is 5.34 Å². The van der Waals surface area contributed by atoms with Gasteiger partial charge < -0.3 is 0 Å². The average molecular weight is 244 g/mol. The lowest BCUT2D eigenvalue weighted by Crippen LogP contribution is -2.17. The smallest absolute Gasteiger partial charge is 0.263 e. The second-order valence-electron chi connectivity index (χ2n) is 2.82. The van der Waals surface area contributed by atoms with Crippen LogP contribution in [0.25, 0.3) is 5.57 Å². The van der Waals surface area contributed by atoms with Crippen LogP contribution in [0.5, 0.6) is 0 Å². The zero-order valence-electron chi connectivity index (χ0n) is 8.12. The van der Waals surface area contributed by atoms with Gasteiger partial charge in [-0.05, 0) is 6.07 Å². The number of halogens is 4. The fourth-order valence-electron chi connectivity index (χ4n) is 1.13. The molecule has 1 amide bonds. The van der Waals surface area contributed by atoms with Gasteiger partial charge in [-0.1, -0.05) is 27.2 Å². The molecule has 1 aromatic carbocycles. The summed E-state index contributed by atoms with van der Waals surface area (Å²) in [5.74, 6) is -4.95. The third-order valence-corrected chi connectivity index (χ3v) is 1.83. The quantitative estimate of drug-likeness (QED) is 0.347. The van der Waals surface area contributed by atoms with E-state index in [2.05, 4.69) is 0 Å². The van der Waals surface area contributed by atoms with Crippen LogP contribution in [-0.4, -0.2) is 11.3 Å². The highest BCUT2D eigenvalue weighted by Crippen LogP contribution is 2.24. The van der Waals surface area contributed by atoms with E-state index >= 15 is 0 Å². The monoisotopic (exact) mass is 244 g/mol. The first-order valence-electron chi connectivity index (χ1n) is 4.19. The first-order chi connectivity index (χ1) is 7.99. The molecule has 0 heterocycles. The number of hydrogen-bond acceptors (Lipinski definition) is 2. The molecule has 0 aliphatic heterocycles. The van der Waals surface area contributed by atoms with Crippen LogP contribution in [0, 0.1) is 17.1 Å². The van der Waals surface area contributed by atoms with Crippen molar-refractivity contribution in [3.63, 3.8) is 0 Å². The average Bonchev–Trinajstić information content (AvgIpc) is 2.31. The SMILES string of the molecule is N#CC(F)=C(C(=O)N(F)F)c1ccccc1F. The summed E-state index contributed by atoms with van der Waals surface area (Å²) in [4.78, 5) is 11.0. The van der Waals surface area contributed by atoms with E-state index in [4.69, 9.17) is 5.26 Å². The number of rotatable bonds is 2. The molecule has 0 unspecified atom stereocenters. The molecular weight excluding hydrogens is 240 g/mol. The first kappa shape index (κ1) is 12.7.